The van der Waals surface area contributed by atoms with E-state index in [2.05, 4.69) is 5.32 Å². The number of anilines is 1. The van der Waals surface area contributed by atoms with E-state index >= 15 is 0 Å². The van der Waals surface area contributed by atoms with E-state index in [1.807, 2.05) is 6.07 Å². The number of benzene rings is 2. The Hall–Kier alpha value is -3.44. The zero-order valence-corrected chi connectivity index (χ0v) is 14.0. The van der Waals surface area contributed by atoms with Crippen molar-refractivity contribution in [3.05, 3.63) is 68.7 Å². The van der Waals surface area contributed by atoms with E-state index in [-0.39, 0.29) is 28.9 Å². The summed E-state index contributed by atoms with van der Waals surface area (Å²) >= 11 is 5.81. The van der Waals surface area contributed by atoms with Crippen LogP contribution in [0.4, 0.5) is 11.4 Å². The van der Waals surface area contributed by atoms with Crippen LogP contribution in [0.25, 0.3) is 0 Å². The minimum Gasteiger partial charge on any atom is -0.455 e. The van der Waals surface area contributed by atoms with Gasteiger partial charge in [0.1, 0.15) is 6.07 Å². The van der Waals surface area contributed by atoms with Gasteiger partial charge in [0, 0.05) is 16.7 Å². The van der Waals surface area contributed by atoms with E-state index in [0.717, 1.165) is 0 Å². The quantitative estimate of drug-likeness (QED) is 0.472. The van der Waals surface area contributed by atoms with E-state index in [1.165, 1.54) is 36.4 Å². The minimum atomic E-state index is -0.791. The number of nitrogens with zero attached hydrogens (tertiary/aromatic N) is 2. The molecular formula is C17H12ClN3O5. The molecule has 26 heavy (non-hydrogen) atoms. The highest BCUT2D eigenvalue weighted by Gasteiger charge is 2.17. The minimum absolute atomic E-state index is 0.185. The molecule has 0 atom stereocenters. The number of hydrogen-bond donors (Lipinski definition) is 1. The molecule has 2 aromatic rings. The van der Waals surface area contributed by atoms with E-state index in [4.69, 9.17) is 21.6 Å². The molecule has 0 saturated heterocycles. The molecular weight excluding hydrogens is 362 g/mol. The number of esters is 1. The van der Waals surface area contributed by atoms with Crippen molar-refractivity contribution in [1.82, 2.24) is 0 Å². The summed E-state index contributed by atoms with van der Waals surface area (Å²) in [4.78, 5) is 34.0. The van der Waals surface area contributed by atoms with Gasteiger partial charge in [0.25, 0.3) is 11.6 Å². The van der Waals surface area contributed by atoms with Crippen molar-refractivity contribution < 1.29 is 19.2 Å². The predicted octanol–water partition coefficient (Wildman–Crippen LogP) is 2.84. The van der Waals surface area contributed by atoms with Crippen LogP contribution in [0.15, 0.2) is 42.5 Å². The number of amides is 1. The lowest BCUT2D eigenvalue weighted by Gasteiger charge is -2.08. The van der Waals surface area contributed by atoms with Crippen LogP contribution in [0, 0.1) is 21.4 Å². The molecule has 2 aromatic carbocycles. The van der Waals surface area contributed by atoms with Crippen LogP contribution < -0.4 is 5.32 Å². The highest BCUT2D eigenvalue weighted by Crippen LogP contribution is 2.20. The maximum atomic E-state index is 11.9. The van der Waals surface area contributed by atoms with Crippen LogP contribution in [0.2, 0.25) is 5.02 Å². The number of halogens is 1. The third-order valence-corrected chi connectivity index (χ3v) is 3.50. The van der Waals surface area contributed by atoms with Gasteiger partial charge >= 0.3 is 5.97 Å². The number of ether oxygens (including phenoxy) is 1. The number of carbonyl (C=O) groups excluding carboxylic acids is 2. The molecule has 0 aliphatic rings. The maximum absolute atomic E-state index is 11.9. The van der Waals surface area contributed by atoms with Crippen molar-refractivity contribution in [2.24, 2.45) is 0 Å². The summed E-state index contributed by atoms with van der Waals surface area (Å²) in [7, 11) is 0. The molecule has 0 aromatic heterocycles. The third kappa shape index (κ3) is 5.03. The smallest absolute Gasteiger partial charge is 0.311 e. The highest BCUT2D eigenvalue weighted by molar-refractivity contribution is 6.31. The Bertz CT molecular complexity index is 908. The van der Waals surface area contributed by atoms with Crippen molar-refractivity contribution >= 4 is 34.9 Å². The summed E-state index contributed by atoms with van der Waals surface area (Å²) < 4.78 is 4.83. The van der Waals surface area contributed by atoms with Gasteiger partial charge in [-0.3, -0.25) is 19.7 Å². The Morgan fingerprint density at radius 2 is 2.00 bits per heavy atom. The van der Waals surface area contributed by atoms with Gasteiger partial charge in [-0.25, -0.2) is 0 Å². The van der Waals surface area contributed by atoms with Gasteiger partial charge in [-0.05, 0) is 18.2 Å². The first-order valence-electron chi connectivity index (χ1n) is 7.28. The summed E-state index contributed by atoms with van der Waals surface area (Å²) in [6, 6.07) is 12.0. The molecule has 0 aliphatic carbocycles. The summed E-state index contributed by atoms with van der Waals surface area (Å²) in [5, 5.41) is 22.6. The number of rotatable bonds is 6. The summed E-state index contributed by atoms with van der Waals surface area (Å²) in [6.07, 6.45) is -0.342. The second-order valence-corrected chi connectivity index (χ2v) is 5.51. The first kappa shape index (κ1) is 18.9. The monoisotopic (exact) mass is 373 g/mol. The molecule has 0 bridgehead atoms. The first-order valence-corrected chi connectivity index (χ1v) is 7.66. The van der Waals surface area contributed by atoms with E-state index in [0.29, 0.717) is 5.02 Å². The second-order valence-electron chi connectivity index (χ2n) is 5.07. The van der Waals surface area contributed by atoms with Crippen molar-refractivity contribution in [3.63, 3.8) is 0 Å². The number of nitro groups is 1. The lowest BCUT2D eigenvalue weighted by Crippen LogP contribution is -2.22. The predicted molar refractivity (Wildman–Crippen MR) is 92.6 cm³/mol. The first-order chi connectivity index (χ1) is 12.4. The molecule has 0 saturated carbocycles. The molecule has 0 fully saturated rings. The Kier molecular flexibility index (Phi) is 6.25. The summed E-state index contributed by atoms with van der Waals surface area (Å²) in [6.45, 7) is -0.600. The van der Waals surface area contributed by atoms with Crippen LogP contribution in [0.3, 0.4) is 0 Å². The van der Waals surface area contributed by atoms with Gasteiger partial charge in [-0.2, -0.15) is 5.26 Å². The van der Waals surface area contributed by atoms with Crippen LogP contribution in [0.1, 0.15) is 11.1 Å². The summed E-state index contributed by atoms with van der Waals surface area (Å²) in [5.41, 5.74) is 0.379. The number of nitrogens with one attached hydrogen (secondary N) is 1. The van der Waals surface area contributed by atoms with Crippen molar-refractivity contribution in [2.75, 3.05) is 11.9 Å². The maximum Gasteiger partial charge on any atom is 0.311 e. The van der Waals surface area contributed by atoms with Crippen LogP contribution in [0.5, 0.6) is 0 Å². The fraction of sp³-hybridized carbons (Fsp3) is 0.118. The molecule has 0 radical (unpaired) electrons. The molecule has 0 aliphatic heterocycles. The van der Waals surface area contributed by atoms with E-state index in [9.17, 15) is 19.7 Å². The van der Waals surface area contributed by atoms with E-state index < -0.39 is 23.4 Å². The Labute approximate surface area is 153 Å². The zero-order valence-electron chi connectivity index (χ0n) is 13.3. The largest absolute Gasteiger partial charge is 0.455 e. The molecule has 1 N–H and O–H groups in total. The Balaban J connectivity index is 1.94. The Morgan fingerprint density at radius 1 is 1.27 bits per heavy atom. The molecule has 2 rings (SSSR count). The fourth-order valence-corrected chi connectivity index (χ4v) is 2.27. The van der Waals surface area contributed by atoms with Crippen molar-refractivity contribution in [2.45, 2.75) is 6.42 Å². The van der Waals surface area contributed by atoms with Crippen LogP contribution in [-0.2, 0) is 20.7 Å². The highest BCUT2D eigenvalue weighted by atomic mass is 35.5. The van der Waals surface area contributed by atoms with Crippen molar-refractivity contribution in [3.8, 4) is 6.07 Å². The topological polar surface area (TPSA) is 122 Å². The fourth-order valence-electron chi connectivity index (χ4n) is 2.09. The van der Waals surface area contributed by atoms with Gasteiger partial charge in [0.15, 0.2) is 6.61 Å². The number of nitriles is 1. The van der Waals surface area contributed by atoms with Gasteiger partial charge in [0.05, 0.1) is 22.6 Å². The average Bonchev–Trinajstić information content (AvgIpc) is 2.60. The molecule has 0 spiro atoms. The van der Waals surface area contributed by atoms with Gasteiger partial charge in [-0.1, -0.05) is 29.8 Å². The van der Waals surface area contributed by atoms with Crippen molar-refractivity contribution in [1.29, 1.82) is 5.26 Å². The number of hydrogen-bond acceptors (Lipinski definition) is 6. The zero-order chi connectivity index (χ0) is 19.1. The SMILES string of the molecule is N#Cc1ccc(Cl)cc1NC(=O)COC(=O)Cc1ccccc1[N+](=O)[O-]. The van der Waals surface area contributed by atoms with Crippen LogP contribution >= 0.6 is 11.6 Å². The lowest BCUT2D eigenvalue weighted by molar-refractivity contribution is -0.385. The van der Waals surface area contributed by atoms with Crippen LogP contribution in [-0.4, -0.2) is 23.4 Å². The van der Waals surface area contributed by atoms with E-state index in [1.54, 1.807) is 6.07 Å². The molecule has 9 heteroatoms. The summed E-state index contributed by atoms with van der Waals surface area (Å²) in [5.74, 6) is -1.46. The second kappa shape index (κ2) is 8.60. The number of carbonyl (C=O) groups is 2. The molecule has 132 valence electrons. The standard InChI is InChI=1S/C17H12ClN3O5/c18-13-6-5-12(9-19)14(8-13)20-16(22)10-26-17(23)7-11-3-1-2-4-15(11)21(24)25/h1-6,8H,7,10H2,(H,20,22). The Morgan fingerprint density at radius 3 is 2.69 bits per heavy atom. The lowest BCUT2D eigenvalue weighted by atomic mass is 10.1. The molecule has 1 amide bonds. The van der Waals surface area contributed by atoms with Gasteiger partial charge < -0.3 is 10.1 Å². The number of nitro benzene ring substituents is 1. The van der Waals surface area contributed by atoms with Gasteiger partial charge in [0.2, 0.25) is 0 Å². The normalized spacial score (nSPS) is 9.85. The molecule has 0 heterocycles. The molecule has 8 nitrogen and oxygen atoms in total. The molecule has 0 unspecified atom stereocenters. The number of para-hydroxylation sites is 1. The van der Waals surface area contributed by atoms with Gasteiger partial charge in [-0.15, -0.1) is 0 Å². The third-order valence-electron chi connectivity index (χ3n) is 3.26. The average molecular weight is 374 g/mol.